The van der Waals surface area contributed by atoms with Crippen molar-refractivity contribution in [1.82, 2.24) is 4.90 Å². The highest BCUT2D eigenvalue weighted by Gasteiger charge is 2.49. The van der Waals surface area contributed by atoms with Gasteiger partial charge in [0.15, 0.2) is 0 Å². The van der Waals surface area contributed by atoms with Crippen LogP contribution in [-0.4, -0.2) is 22.2 Å². The van der Waals surface area contributed by atoms with Gasteiger partial charge in [0.05, 0.1) is 18.2 Å². The summed E-state index contributed by atoms with van der Waals surface area (Å²) in [4.78, 5) is 20.3. The Morgan fingerprint density at radius 3 is 2.50 bits per heavy atom. The minimum absolute atomic E-state index is 0.199. The number of amidine groups is 1. The first-order chi connectivity index (χ1) is 14.7. The second-order valence-electron chi connectivity index (χ2n) is 8.47. The van der Waals surface area contributed by atoms with E-state index in [9.17, 15) is 10.1 Å². The topological polar surface area (TPSA) is 56.5 Å². The number of amides is 1. The summed E-state index contributed by atoms with van der Waals surface area (Å²) in [6.45, 7) is 2.77. The van der Waals surface area contributed by atoms with Crippen molar-refractivity contribution < 1.29 is 4.79 Å². The highest BCUT2D eigenvalue weighted by Crippen LogP contribution is 2.40. The summed E-state index contributed by atoms with van der Waals surface area (Å²) in [7, 11) is 0. The molecule has 0 radical (unpaired) electrons. The van der Waals surface area contributed by atoms with Crippen molar-refractivity contribution in [1.29, 1.82) is 5.26 Å². The molecule has 0 aromatic heterocycles. The van der Waals surface area contributed by atoms with E-state index < -0.39 is 5.54 Å². The van der Waals surface area contributed by atoms with E-state index in [1.807, 2.05) is 41.3 Å². The zero-order valence-corrected chi connectivity index (χ0v) is 17.7. The predicted molar refractivity (Wildman–Crippen MR) is 120 cm³/mol. The number of unbranched alkanes of at least 4 members (excludes halogenated alkanes) is 2. The summed E-state index contributed by atoms with van der Waals surface area (Å²) >= 11 is 0. The van der Waals surface area contributed by atoms with Crippen LogP contribution in [0.2, 0.25) is 0 Å². The van der Waals surface area contributed by atoms with Gasteiger partial charge in [-0.2, -0.15) is 5.26 Å². The van der Waals surface area contributed by atoms with Crippen LogP contribution in [0.5, 0.6) is 0 Å². The zero-order valence-electron chi connectivity index (χ0n) is 17.7. The van der Waals surface area contributed by atoms with E-state index >= 15 is 0 Å². The van der Waals surface area contributed by atoms with Crippen molar-refractivity contribution in [2.75, 3.05) is 0 Å². The van der Waals surface area contributed by atoms with Crippen LogP contribution in [0.3, 0.4) is 0 Å². The molecule has 2 aromatic rings. The largest absolute Gasteiger partial charge is 0.294 e. The molecule has 0 atom stereocenters. The number of rotatable bonds is 7. The molecule has 1 fully saturated rings. The van der Waals surface area contributed by atoms with Crippen LogP contribution < -0.4 is 0 Å². The van der Waals surface area contributed by atoms with E-state index in [1.165, 1.54) is 6.42 Å². The molecular formula is C26H29N3O. The lowest BCUT2D eigenvalue weighted by Gasteiger charge is -2.23. The molecule has 1 spiro atoms. The molecule has 2 aliphatic rings. The van der Waals surface area contributed by atoms with Gasteiger partial charge in [-0.1, -0.05) is 75.1 Å². The number of benzene rings is 2. The maximum atomic E-state index is 13.3. The Hall–Kier alpha value is -2.93. The molecule has 1 amide bonds. The van der Waals surface area contributed by atoms with Gasteiger partial charge in [0, 0.05) is 6.42 Å². The number of hydrogen-bond donors (Lipinski definition) is 0. The van der Waals surface area contributed by atoms with E-state index in [1.54, 1.807) is 0 Å². The van der Waals surface area contributed by atoms with Crippen LogP contribution in [-0.2, 0) is 11.3 Å². The lowest BCUT2D eigenvalue weighted by Crippen LogP contribution is -2.40. The number of aliphatic imine (C=N–C) groups is 1. The average Bonchev–Trinajstić information content (AvgIpc) is 3.35. The van der Waals surface area contributed by atoms with Gasteiger partial charge in [-0.15, -0.1) is 0 Å². The van der Waals surface area contributed by atoms with Gasteiger partial charge in [-0.05, 0) is 42.0 Å². The zero-order chi connectivity index (χ0) is 21.0. The molecule has 1 aliphatic carbocycles. The van der Waals surface area contributed by atoms with Crippen molar-refractivity contribution in [3.8, 4) is 17.2 Å². The monoisotopic (exact) mass is 399 g/mol. The molecule has 154 valence electrons. The molecule has 30 heavy (non-hydrogen) atoms. The number of carbonyl (C=O) groups is 1. The van der Waals surface area contributed by atoms with Gasteiger partial charge in [-0.3, -0.25) is 14.7 Å². The highest BCUT2D eigenvalue weighted by molar-refractivity contribution is 6.08. The van der Waals surface area contributed by atoms with Gasteiger partial charge in [0.2, 0.25) is 0 Å². The molecule has 0 unspecified atom stereocenters. The van der Waals surface area contributed by atoms with Gasteiger partial charge in [0.1, 0.15) is 11.4 Å². The second kappa shape index (κ2) is 8.83. The third kappa shape index (κ3) is 3.89. The summed E-state index contributed by atoms with van der Waals surface area (Å²) in [6.07, 6.45) is 8.27. The van der Waals surface area contributed by atoms with E-state index in [2.05, 4.69) is 25.1 Å². The first kappa shape index (κ1) is 20.3. The van der Waals surface area contributed by atoms with Crippen molar-refractivity contribution >= 4 is 11.7 Å². The minimum atomic E-state index is -0.479. The lowest BCUT2D eigenvalue weighted by molar-refractivity contribution is -0.131. The SMILES string of the molecule is CCCCCC1=NC2(CCCC2)C(=O)N1Cc1ccc(-c2ccccc2C#N)cc1. The molecule has 4 rings (SSSR count). The maximum absolute atomic E-state index is 13.3. The highest BCUT2D eigenvalue weighted by atomic mass is 16.2. The minimum Gasteiger partial charge on any atom is -0.294 e. The second-order valence-corrected chi connectivity index (χ2v) is 8.47. The van der Waals surface area contributed by atoms with Crippen LogP contribution in [0, 0.1) is 11.3 Å². The molecule has 1 aliphatic heterocycles. The van der Waals surface area contributed by atoms with Crippen molar-refractivity contribution in [3.05, 3.63) is 59.7 Å². The van der Waals surface area contributed by atoms with Crippen LogP contribution in [0.4, 0.5) is 0 Å². The van der Waals surface area contributed by atoms with Crippen LogP contribution in [0.15, 0.2) is 53.5 Å². The molecule has 0 saturated heterocycles. The first-order valence-corrected chi connectivity index (χ1v) is 11.2. The fourth-order valence-electron chi connectivity index (χ4n) is 4.70. The third-order valence-corrected chi connectivity index (χ3v) is 6.39. The summed E-state index contributed by atoms with van der Waals surface area (Å²) < 4.78 is 0. The standard InChI is InChI=1S/C26H29N3O/c1-2-3-4-11-24-28-26(16-7-8-17-26)25(30)29(24)19-20-12-14-21(15-13-20)23-10-6-5-9-22(23)18-27/h5-6,9-10,12-15H,2-4,7-8,11,16-17,19H2,1H3. The summed E-state index contributed by atoms with van der Waals surface area (Å²) in [5.74, 6) is 1.18. The number of nitrogens with zero attached hydrogens (tertiary/aromatic N) is 3. The summed E-state index contributed by atoms with van der Waals surface area (Å²) in [5.41, 5.74) is 3.25. The van der Waals surface area contributed by atoms with Crippen molar-refractivity contribution in [2.45, 2.75) is 70.4 Å². The summed E-state index contributed by atoms with van der Waals surface area (Å²) in [5, 5.41) is 9.36. The van der Waals surface area contributed by atoms with Gasteiger partial charge < -0.3 is 0 Å². The summed E-state index contributed by atoms with van der Waals surface area (Å²) in [6, 6.07) is 18.1. The molecule has 1 saturated carbocycles. The molecule has 0 bridgehead atoms. The predicted octanol–water partition coefficient (Wildman–Crippen LogP) is 5.86. The molecule has 4 heteroatoms. The third-order valence-electron chi connectivity index (χ3n) is 6.39. The van der Waals surface area contributed by atoms with Crippen molar-refractivity contribution in [2.24, 2.45) is 4.99 Å². The van der Waals surface area contributed by atoms with Gasteiger partial charge in [-0.25, -0.2) is 0 Å². The Bertz CT molecular complexity index is 978. The lowest BCUT2D eigenvalue weighted by atomic mass is 9.97. The first-order valence-electron chi connectivity index (χ1n) is 11.2. The Balaban J connectivity index is 1.54. The Morgan fingerprint density at radius 1 is 1.07 bits per heavy atom. The molecular weight excluding hydrogens is 370 g/mol. The molecule has 0 N–H and O–H groups in total. The maximum Gasteiger partial charge on any atom is 0.256 e. The molecule has 1 heterocycles. The number of nitriles is 1. The Morgan fingerprint density at radius 2 is 1.80 bits per heavy atom. The average molecular weight is 400 g/mol. The Kier molecular flexibility index (Phi) is 5.99. The Labute approximate surface area is 179 Å². The van der Waals surface area contributed by atoms with Crippen LogP contribution >= 0.6 is 0 Å². The number of hydrogen-bond acceptors (Lipinski definition) is 3. The van der Waals surface area contributed by atoms with Crippen molar-refractivity contribution in [3.63, 3.8) is 0 Å². The van der Waals surface area contributed by atoms with E-state index in [4.69, 9.17) is 4.99 Å². The van der Waals surface area contributed by atoms with Crippen LogP contribution in [0.25, 0.3) is 11.1 Å². The fourth-order valence-corrected chi connectivity index (χ4v) is 4.70. The molecule has 2 aromatic carbocycles. The molecule has 4 nitrogen and oxygen atoms in total. The fraction of sp³-hybridized carbons (Fsp3) is 0.423. The number of carbonyl (C=O) groups excluding carboxylic acids is 1. The smallest absolute Gasteiger partial charge is 0.256 e. The van der Waals surface area contributed by atoms with E-state index in [0.29, 0.717) is 12.1 Å². The van der Waals surface area contributed by atoms with Crippen LogP contribution in [0.1, 0.15) is 69.4 Å². The van der Waals surface area contributed by atoms with Gasteiger partial charge >= 0.3 is 0 Å². The normalized spacial score (nSPS) is 17.4. The van der Waals surface area contributed by atoms with Gasteiger partial charge in [0.25, 0.3) is 5.91 Å². The van der Waals surface area contributed by atoms with E-state index in [-0.39, 0.29) is 5.91 Å². The van der Waals surface area contributed by atoms with E-state index in [0.717, 1.165) is 67.5 Å². The quantitative estimate of drug-likeness (QED) is 0.548.